The van der Waals surface area contributed by atoms with E-state index < -0.39 is 6.10 Å². The molecule has 5 nitrogen and oxygen atoms in total. The number of nitrogens with zero attached hydrogens (tertiary/aromatic N) is 1. The summed E-state index contributed by atoms with van der Waals surface area (Å²) in [7, 11) is 0. The number of aliphatic hydroxyl groups is 1. The Hall–Kier alpha value is -2.92. The van der Waals surface area contributed by atoms with Crippen LogP contribution >= 0.6 is 0 Å². The lowest BCUT2D eigenvalue weighted by Gasteiger charge is -2.16. The zero-order valence-electron chi connectivity index (χ0n) is 15.1. The first-order valence-electron chi connectivity index (χ1n) is 8.49. The number of hydrogen-bond acceptors (Lipinski definition) is 4. The molecule has 1 heterocycles. The lowest BCUT2D eigenvalue weighted by atomic mass is 9.99. The number of carbonyl (C=O) groups excluding carboxylic acids is 1. The standard InChI is InChI=1S/C21H22N2O3/c1-12-4-9-18-17(10-12)20(13(2)14(3)23-18)21(26)22-11-19(25)15-5-7-16(24)8-6-15/h4-10,19,24-25H,11H2,1-3H3,(H,22,26)/t19-/m0/s1. The summed E-state index contributed by atoms with van der Waals surface area (Å²) < 4.78 is 0. The van der Waals surface area contributed by atoms with Crippen LogP contribution in [0.15, 0.2) is 42.5 Å². The van der Waals surface area contributed by atoms with E-state index in [1.165, 1.54) is 12.1 Å². The third-order valence-corrected chi connectivity index (χ3v) is 4.59. The molecule has 0 saturated heterocycles. The second kappa shape index (κ2) is 7.14. The number of carbonyl (C=O) groups is 1. The average Bonchev–Trinajstić information content (AvgIpc) is 2.61. The van der Waals surface area contributed by atoms with Gasteiger partial charge in [0.25, 0.3) is 5.91 Å². The average molecular weight is 350 g/mol. The number of aromatic nitrogens is 1. The molecule has 0 aliphatic heterocycles. The maximum atomic E-state index is 12.8. The highest BCUT2D eigenvalue weighted by Gasteiger charge is 2.18. The number of rotatable bonds is 4. The number of aryl methyl sites for hydroxylation is 2. The summed E-state index contributed by atoms with van der Waals surface area (Å²) in [5.41, 5.74) is 4.70. The van der Waals surface area contributed by atoms with Gasteiger partial charge in [0, 0.05) is 17.6 Å². The van der Waals surface area contributed by atoms with Gasteiger partial charge in [-0.15, -0.1) is 0 Å². The van der Waals surface area contributed by atoms with Gasteiger partial charge in [0.2, 0.25) is 0 Å². The van der Waals surface area contributed by atoms with Gasteiger partial charge in [-0.3, -0.25) is 9.78 Å². The highest BCUT2D eigenvalue weighted by Crippen LogP contribution is 2.24. The minimum Gasteiger partial charge on any atom is -0.508 e. The molecule has 134 valence electrons. The maximum Gasteiger partial charge on any atom is 0.252 e. The Kier molecular flexibility index (Phi) is 4.91. The van der Waals surface area contributed by atoms with Crippen molar-refractivity contribution in [1.29, 1.82) is 0 Å². The highest BCUT2D eigenvalue weighted by atomic mass is 16.3. The molecule has 0 fully saturated rings. The summed E-state index contributed by atoms with van der Waals surface area (Å²) in [6.45, 7) is 5.83. The quantitative estimate of drug-likeness (QED) is 0.674. The number of phenols is 1. The van der Waals surface area contributed by atoms with E-state index >= 15 is 0 Å². The molecule has 0 aliphatic rings. The van der Waals surface area contributed by atoms with E-state index in [1.54, 1.807) is 12.1 Å². The smallest absolute Gasteiger partial charge is 0.252 e. The molecule has 0 unspecified atom stereocenters. The summed E-state index contributed by atoms with van der Waals surface area (Å²) in [5, 5.41) is 23.2. The first-order valence-corrected chi connectivity index (χ1v) is 8.49. The van der Waals surface area contributed by atoms with Gasteiger partial charge in [-0.2, -0.15) is 0 Å². The molecule has 0 radical (unpaired) electrons. The Labute approximate surface area is 152 Å². The molecule has 0 spiro atoms. The van der Waals surface area contributed by atoms with Gasteiger partial charge in [-0.05, 0) is 56.2 Å². The van der Waals surface area contributed by atoms with E-state index in [9.17, 15) is 15.0 Å². The predicted octanol–water partition coefficient (Wildman–Crippen LogP) is 3.33. The molecule has 0 saturated carbocycles. The van der Waals surface area contributed by atoms with Gasteiger partial charge in [-0.1, -0.05) is 23.8 Å². The normalized spacial score (nSPS) is 12.2. The second-order valence-electron chi connectivity index (χ2n) is 6.54. The molecular weight excluding hydrogens is 328 g/mol. The van der Waals surface area contributed by atoms with Crippen LogP contribution in [0.3, 0.4) is 0 Å². The third-order valence-electron chi connectivity index (χ3n) is 4.59. The number of pyridine rings is 1. The van der Waals surface area contributed by atoms with Crippen molar-refractivity contribution in [1.82, 2.24) is 10.3 Å². The Bertz CT molecular complexity index is 965. The zero-order chi connectivity index (χ0) is 18.8. The highest BCUT2D eigenvalue weighted by molar-refractivity contribution is 6.07. The Balaban J connectivity index is 1.86. The van der Waals surface area contributed by atoms with E-state index in [1.807, 2.05) is 39.0 Å². The fourth-order valence-electron chi connectivity index (χ4n) is 2.98. The zero-order valence-corrected chi connectivity index (χ0v) is 15.1. The van der Waals surface area contributed by atoms with Gasteiger partial charge in [0.1, 0.15) is 5.75 Å². The van der Waals surface area contributed by atoms with Gasteiger partial charge < -0.3 is 15.5 Å². The van der Waals surface area contributed by atoms with Crippen molar-refractivity contribution in [2.24, 2.45) is 0 Å². The van der Waals surface area contributed by atoms with E-state index in [-0.39, 0.29) is 18.2 Å². The van der Waals surface area contributed by atoms with Crippen LogP contribution in [0.4, 0.5) is 0 Å². The van der Waals surface area contributed by atoms with Crippen molar-refractivity contribution in [3.8, 4) is 5.75 Å². The van der Waals surface area contributed by atoms with Crippen LogP contribution in [-0.4, -0.2) is 27.6 Å². The molecule has 1 atom stereocenters. The number of fused-ring (bicyclic) bond motifs is 1. The summed E-state index contributed by atoms with van der Waals surface area (Å²) in [5.74, 6) is -0.101. The Morgan fingerprint density at radius 2 is 1.81 bits per heavy atom. The number of benzene rings is 2. The Morgan fingerprint density at radius 1 is 1.12 bits per heavy atom. The predicted molar refractivity (Wildman–Crippen MR) is 101 cm³/mol. The topological polar surface area (TPSA) is 82.5 Å². The number of aromatic hydroxyl groups is 1. The molecule has 26 heavy (non-hydrogen) atoms. The lowest BCUT2D eigenvalue weighted by Crippen LogP contribution is -2.29. The van der Waals surface area contributed by atoms with Crippen molar-refractivity contribution >= 4 is 16.8 Å². The van der Waals surface area contributed by atoms with Crippen molar-refractivity contribution < 1.29 is 15.0 Å². The van der Waals surface area contributed by atoms with Crippen LogP contribution in [0.2, 0.25) is 0 Å². The van der Waals surface area contributed by atoms with Crippen LogP contribution in [0, 0.1) is 20.8 Å². The first kappa shape index (κ1) is 17.9. The van der Waals surface area contributed by atoms with Crippen LogP contribution in [-0.2, 0) is 0 Å². The number of phenolic OH excluding ortho intramolecular Hbond substituents is 1. The van der Waals surface area contributed by atoms with Gasteiger partial charge >= 0.3 is 0 Å². The summed E-state index contributed by atoms with van der Waals surface area (Å²) in [6, 6.07) is 12.1. The molecule has 3 rings (SSSR count). The molecule has 5 heteroatoms. The molecule has 0 aliphatic carbocycles. The fourth-order valence-corrected chi connectivity index (χ4v) is 2.98. The molecule has 3 aromatic rings. The minimum absolute atomic E-state index is 0.0811. The van der Waals surface area contributed by atoms with Crippen LogP contribution < -0.4 is 5.32 Å². The van der Waals surface area contributed by atoms with Crippen molar-refractivity contribution in [3.05, 3.63) is 70.4 Å². The lowest BCUT2D eigenvalue weighted by molar-refractivity contribution is 0.0917. The second-order valence-corrected chi connectivity index (χ2v) is 6.54. The number of hydrogen-bond donors (Lipinski definition) is 3. The van der Waals surface area contributed by atoms with Gasteiger partial charge in [0.05, 0.1) is 17.2 Å². The van der Waals surface area contributed by atoms with E-state index in [4.69, 9.17) is 0 Å². The maximum absolute atomic E-state index is 12.8. The minimum atomic E-state index is -0.851. The Morgan fingerprint density at radius 3 is 2.50 bits per heavy atom. The monoisotopic (exact) mass is 350 g/mol. The number of nitrogens with one attached hydrogen (secondary N) is 1. The molecular formula is C21H22N2O3. The van der Waals surface area contributed by atoms with E-state index in [2.05, 4.69) is 10.3 Å². The van der Waals surface area contributed by atoms with E-state index in [0.29, 0.717) is 11.1 Å². The van der Waals surface area contributed by atoms with Crippen LogP contribution in [0.25, 0.3) is 10.9 Å². The largest absolute Gasteiger partial charge is 0.508 e. The van der Waals surface area contributed by atoms with Gasteiger partial charge in [0.15, 0.2) is 0 Å². The number of aliphatic hydroxyl groups excluding tert-OH is 1. The summed E-state index contributed by atoms with van der Waals surface area (Å²) >= 11 is 0. The summed E-state index contributed by atoms with van der Waals surface area (Å²) in [4.78, 5) is 17.4. The molecule has 1 amide bonds. The van der Waals surface area contributed by atoms with E-state index in [0.717, 1.165) is 27.7 Å². The SMILES string of the molecule is Cc1ccc2nc(C)c(C)c(C(=O)NC[C@H](O)c3ccc(O)cc3)c2c1. The third kappa shape index (κ3) is 3.53. The van der Waals surface area contributed by atoms with Crippen molar-refractivity contribution in [3.63, 3.8) is 0 Å². The summed E-state index contributed by atoms with van der Waals surface area (Å²) in [6.07, 6.45) is -0.851. The van der Waals surface area contributed by atoms with Crippen LogP contribution in [0.1, 0.15) is 38.8 Å². The van der Waals surface area contributed by atoms with Crippen molar-refractivity contribution in [2.75, 3.05) is 6.54 Å². The fraction of sp³-hybridized carbons (Fsp3) is 0.238. The molecule has 0 bridgehead atoms. The van der Waals surface area contributed by atoms with Gasteiger partial charge in [-0.25, -0.2) is 0 Å². The molecule has 2 aromatic carbocycles. The number of amides is 1. The van der Waals surface area contributed by atoms with Crippen LogP contribution in [0.5, 0.6) is 5.75 Å². The first-order chi connectivity index (χ1) is 12.4. The molecule has 1 aromatic heterocycles. The van der Waals surface area contributed by atoms with Crippen molar-refractivity contribution in [2.45, 2.75) is 26.9 Å². The molecule has 3 N–H and O–H groups in total.